The minimum Gasteiger partial charge on any atom is -0.370 e. The lowest BCUT2D eigenvalue weighted by molar-refractivity contribution is -0.122. The van der Waals surface area contributed by atoms with E-state index in [1.165, 1.54) is 11.3 Å². The van der Waals surface area contributed by atoms with Gasteiger partial charge >= 0.3 is 0 Å². The molecule has 0 aliphatic heterocycles. The molecule has 1 aliphatic rings. The molecule has 0 aromatic carbocycles. The van der Waals surface area contributed by atoms with Crippen LogP contribution in [0.15, 0.2) is 0 Å². The summed E-state index contributed by atoms with van der Waals surface area (Å²) in [7, 11) is 0. The summed E-state index contributed by atoms with van der Waals surface area (Å²) < 4.78 is 0. The van der Waals surface area contributed by atoms with Crippen molar-refractivity contribution in [3.05, 3.63) is 10.6 Å². The Morgan fingerprint density at radius 3 is 3.00 bits per heavy atom. The van der Waals surface area contributed by atoms with Gasteiger partial charge in [-0.15, -0.1) is 11.3 Å². The van der Waals surface area contributed by atoms with E-state index in [1.54, 1.807) is 0 Å². The van der Waals surface area contributed by atoms with Gasteiger partial charge in [-0.2, -0.15) is 0 Å². The highest BCUT2D eigenvalue weighted by molar-refractivity contribution is 7.15. The maximum absolute atomic E-state index is 12.3. The summed E-state index contributed by atoms with van der Waals surface area (Å²) in [4.78, 5) is 17.9. The molecular weight excluding hydrogens is 286 g/mol. The van der Waals surface area contributed by atoms with Crippen LogP contribution in [0.1, 0.15) is 49.6 Å². The van der Waals surface area contributed by atoms with E-state index in [9.17, 15) is 4.79 Å². The number of nitrogens with one attached hydrogen (secondary N) is 3. The van der Waals surface area contributed by atoms with Gasteiger partial charge in [-0.1, -0.05) is 13.8 Å². The summed E-state index contributed by atoms with van der Waals surface area (Å²) in [6.07, 6.45) is 3.77. The van der Waals surface area contributed by atoms with Crippen molar-refractivity contribution in [1.82, 2.24) is 10.3 Å². The van der Waals surface area contributed by atoms with Crippen molar-refractivity contribution in [1.29, 1.82) is 5.41 Å². The summed E-state index contributed by atoms with van der Waals surface area (Å²) in [5.74, 6) is 0.354. The molecule has 1 aromatic rings. The van der Waals surface area contributed by atoms with Gasteiger partial charge in [0.2, 0.25) is 5.91 Å². The van der Waals surface area contributed by atoms with Crippen molar-refractivity contribution in [2.45, 2.75) is 45.4 Å². The minimum absolute atomic E-state index is 0.0660. The number of guanidine groups is 1. The third-order valence-electron chi connectivity index (χ3n) is 3.53. The first-order valence-corrected chi connectivity index (χ1v) is 8.17. The molecule has 2 rings (SSSR count). The third kappa shape index (κ3) is 4.17. The Morgan fingerprint density at radius 1 is 1.57 bits per heavy atom. The number of hydrogen-bond donors (Lipinski definition) is 4. The molecule has 0 saturated heterocycles. The van der Waals surface area contributed by atoms with Crippen LogP contribution in [-0.2, 0) is 11.2 Å². The monoisotopic (exact) mass is 309 g/mol. The second kappa shape index (κ2) is 6.89. The second-order valence-electron chi connectivity index (χ2n) is 5.78. The molecule has 1 aromatic heterocycles. The smallest absolute Gasteiger partial charge is 0.229 e. The van der Waals surface area contributed by atoms with Gasteiger partial charge in [0, 0.05) is 11.4 Å². The number of rotatable bonds is 5. The lowest BCUT2D eigenvalue weighted by Gasteiger charge is -2.20. The van der Waals surface area contributed by atoms with Gasteiger partial charge < -0.3 is 16.4 Å². The zero-order chi connectivity index (χ0) is 15.4. The summed E-state index contributed by atoms with van der Waals surface area (Å²) in [6, 6.07) is 0. The Balaban J connectivity index is 2.04. The highest BCUT2D eigenvalue weighted by atomic mass is 32.1. The summed E-state index contributed by atoms with van der Waals surface area (Å²) in [5, 5.41) is 13.6. The van der Waals surface area contributed by atoms with Crippen LogP contribution in [0.2, 0.25) is 0 Å². The molecule has 5 N–H and O–H groups in total. The van der Waals surface area contributed by atoms with E-state index in [-0.39, 0.29) is 17.8 Å². The van der Waals surface area contributed by atoms with Crippen molar-refractivity contribution in [2.24, 2.45) is 11.7 Å². The van der Waals surface area contributed by atoms with E-state index in [0.717, 1.165) is 36.3 Å². The maximum Gasteiger partial charge on any atom is 0.229 e. The number of nitrogens with zero attached hydrogens (tertiary/aromatic N) is 1. The van der Waals surface area contributed by atoms with Crippen LogP contribution in [0, 0.1) is 11.3 Å². The van der Waals surface area contributed by atoms with Crippen molar-refractivity contribution < 1.29 is 4.79 Å². The Hall–Kier alpha value is -1.63. The molecule has 21 heavy (non-hydrogen) atoms. The molecule has 1 atom stereocenters. The Bertz CT molecular complexity index is 525. The Labute approximate surface area is 129 Å². The fourth-order valence-corrected chi connectivity index (χ4v) is 3.53. The topological polar surface area (TPSA) is 104 Å². The van der Waals surface area contributed by atoms with E-state index in [1.807, 2.05) is 0 Å². The number of aryl methyl sites for hydroxylation is 1. The first-order valence-electron chi connectivity index (χ1n) is 7.35. The molecule has 1 heterocycles. The van der Waals surface area contributed by atoms with Gasteiger partial charge in [0.25, 0.3) is 0 Å². The van der Waals surface area contributed by atoms with Gasteiger partial charge in [0.15, 0.2) is 11.1 Å². The number of nitrogens with two attached hydrogens (primary N) is 1. The quantitative estimate of drug-likeness (QED) is 0.493. The van der Waals surface area contributed by atoms with Crippen LogP contribution >= 0.6 is 11.3 Å². The predicted octanol–water partition coefficient (Wildman–Crippen LogP) is 2.03. The minimum atomic E-state index is -0.167. The van der Waals surface area contributed by atoms with Crippen molar-refractivity contribution >= 4 is 28.3 Å². The van der Waals surface area contributed by atoms with Crippen LogP contribution in [0.25, 0.3) is 0 Å². The fraction of sp³-hybridized carbons (Fsp3) is 0.643. The Morgan fingerprint density at radius 2 is 2.33 bits per heavy atom. The molecule has 116 valence electrons. The van der Waals surface area contributed by atoms with Gasteiger partial charge in [-0.25, -0.2) is 4.98 Å². The largest absolute Gasteiger partial charge is 0.370 e. The average Bonchev–Trinajstić information content (AvgIpc) is 2.78. The van der Waals surface area contributed by atoms with Crippen LogP contribution in [-0.4, -0.2) is 23.4 Å². The number of fused-ring (bicyclic) bond motifs is 1. The van der Waals surface area contributed by atoms with E-state index >= 15 is 0 Å². The van der Waals surface area contributed by atoms with Crippen LogP contribution in [0.3, 0.4) is 0 Å². The van der Waals surface area contributed by atoms with Crippen molar-refractivity contribution in [3.63, 3.8) is 0 Å². The number of hydrogen-bond acceptors (Lipinski definition) is 4. The molecule has 6 nitrogen and oxygen atoms in total. The van der Waals surface area contributed by atoms with E-state index in [2.05, 4.69) is 29.5 Å². The molecule has 0 unspecified atom stereocenters. The zero-order valence-electron chi connectivity index (χ0n) is 12.5. The number of amides is 1. The molecule has 1 aliphatic carbocycles. The van der Waals surface area contributed by atoms with Crippen molar-refractivity contribution in [2.75, 3.05) is 11.9 Å². The molecule has 0 radical (unpaired) electrons. The molecular formula is C14H23N5OS. The predicted molar refractivity (Wildman–Crippen MR) is 85.8 cm³/mol. The summed E-state index contributed by atoms with van der Waals surface area (Å²) in [5.41, 5.74) is 6.19. The van der Waals surface area contributed by atoms with Gasteiger partial charge in [0.05, 0.1) is 11.6 Å². The molecule has 0 fully saturated rings. The van der Waals surface area contributed by atoms with Crippen LogP contribution in [0.4, 0.5) is 5.13 Å². The van der Waals surface area contributed by atoms with Crippen LogP contribution < -0.4 is 16.4 Å². The average molecular weight is 309 g/mol. The number of carbonyl (C=O) groups excluding carboxylic acids is 1. The molecule has 0 spiro atoms. The van der Waals surface area contributed by atoms with E-state index in [4.69, 9.17) is 11.1 Å². The lowest BCUT2D eigenvalue weighted by atomic mass is 9.90. The molecule has 0 saturated carbocycles. The summed E-state index contributed by atoms with van der Waals surface area (Å²) in [6.45, 7) is 5.00. The van der Waals surface area contributed by atoms with Gasteiger partial charge in [-0.3, -0.25) is 10.2 Å². The normalized spacial score (nSPS) is 17.4. The van der Waals surface area contributed by atoms with E-state index < -0.39 is 0 Å². The number of thiazole rings is 1. The SMILES string of the molecule is CC(C)CCNC(=O)[C@H]1CCCc2sc(NC(=N)N)nc21. The van der Waals surface area contributed by atoms with E-state index in [0.29, 0.717) is 17.6 Å². The summed E-state index contributed by atoms with van der Waals surface area (Å²) >= 11 is 1.49. The number of carbonyl (C=O) groups is 1. The zero-order valence-corrected chi connectivity index (χ0v) is 13.3. The molecule has 7 heteroatoms. The highest BCUT2D eigenvalue weighted by Crippen LogP contribution is 2.36. The molecule has 1 amide bonds. The van der Waals surface area contributed by atoms with Crippen LogP contribution in [0.5, 0.6) is 0 Å². The fourth-order valence-electron chi connectivity index (χ4n) is 2.45. The maximum atomic E-state index is 12.3. The molecule has 0 bridgehead atoms. The number of aromatic nitrogens is 1. The number of anilines is 1. The third-order valence-corrected chi connectivity index (χ3v) is 4.58. The standard InChI is InChI=1S/C14H23N5OS/c1-8(2)6-7-17-12(20)9-4-3-5-10-11(9)18-14(21-10)19-13(15)16/h8-9H,3-7H2,1-2H3,(H,17,20)(H4,15,16,18,19)/t9-/m0/s1. The highest BCUT2D eigenvalue weighted by Gasteiger charge is 2.30. The second-order valence-corrected chi connectivity index (χ2v) is 6.87. The van der Waals surface area contributed by atoms with Crippen molar-refractivity contribution in [3.8, 4) is 0 Å². The Kier molecular flexibility index (Phi) is 5.17. The lowest BCUT2D eigenvalue weighted by Crippen LogP contribution is -2.32. The van der Waals surface area contributed by atoms with Gasteiger partial charge in [-0.05, 0) is 31.6 Å². The first-order chi connectivity index (χ1) is 9.97. The van der Waals surface area contributed by atoms with Gasteiger partial charge in [0.1, 0.15) is 0 Å². The first kappa shape index (κ1) is 15.8.